The molecule has 2 unspecified atom stereocenters. The Balaban J connectivity index is 1.44. The van der Waals surface area contributed by atoms with Gasteiger partial charge in [-0.2, -0.15) is 0 Å². The SMILES string of the molecule is Cc1sc(=O)n(CC(=O)NCCN2CC3CCC(C2)O3)c1C. The van der Waals surface area contributed by atoms with Crippen molar-refractivity contribution in [3.8, 4) is 0 Å². The molecule has 22 heavy (non-hydrogen) atoms. The minimum absolute atomic E-state index is 0.0603. The summed E-state index contributed by atoms with van der Waals surface area (Å²) in [5.74, 6) is -0.0979. The molecule has 2 aliphatic heterocycles. The first kappa shape index (κ1) is 15.7. The number of amides is 1. The number of rotatable bonds is 5. The molecular weight excluding hydrogens is 302 g/mol. The quantitative estimate of drug-likeness (QED) is 0.857. The van der Waals surface area contributed by atoms with Crippen molar-refractivity contribution in [2.75, 3.05) is 26.2 Å². The van der Waals surface area contributed by atoms with Crippen LogP contribution in [0.1, 0.15) is 23.4 Å². The Hall–Kier alpha value is -1.18. The summed E-state index contributed by atoms with van der Waals surface area (Å²) in [7, 11) is 0. The Bertz CT molecular complexity index is 598. The van der Waals surface area contributed by atoms with E-state index in [0.29, 0.717) is 18.8 Å². The summed E-state index contributed by atoms with van der Waals surface area (Å²) in [4.78, 5) is 27.0. The number of nitrogens with one attached hydrogen (secondary N) is 1. The number of hydrogen-bond donors (Lipinski definition) is 1. The first-order valence-electron chi connectivity index (χ1n) is 7.84. The number of ether oxygens (including phenoxy) is 1. The summed E-state index contributed by atoms with van der Waals surface area (Å²) in [6.45, 7) is 7.30. The van der Waals surface area contributed by atoms with Crippen molar-refractivity contribution in [1.29, 1.82) is 0 Å². The number of aromatic nitrogens is 1. The van der Waals surface area contributed by atoms with Crippen molar-refractivity contribution < 1.29 is 9.53 Å². The van der Waals surface area contributed by atoms with E-state index in [-0.39, 0.29) is 17.3 Å². The molecule has 2 bridgehead atoms. The monoisotopic (exact) mass is 325 g/mol. The highest BCUT2D eigenvalue weighted by molar-refractivity contribution is 7.09. The van der Waals surface area contributed by atoms with Gasteiger partial charge in [-0.3, -0.25) is 19.1 Å². The fourth-order valence-corrected chi connectivity index (χ4v) is 4.04. The van der Waals surface area contributed by atoms with Crippen molar-refractivity contribution in [2.45, 2.75) is 45.4 Å². The topological polar surface area (TPSA) is 63.6 Å². The molecule has 2 atom stereocenters. The maximum atomic E-state index is 12.0. The number of nitrogens with zero attached hydrogens (tertiary/aromatic N) is 2. The number of fused-ring (bicyclic) bond motifs is 2. The zero-order valence-corrected chi connectivity index (χ0v) is 13.9. The van der Waals surface area contributed by atoms with Crippen LogP contribution in [0.5, 0.6) is 0 Å². The van der Waals surface area contributed by atoms with Gasteiger partial charge in [0.1, 0.15) is 6.54 Å². The molecule has 1 N–H and O–H groups in total. The largest absolute Gasteiger partial charge is 0.372 e. The fraction of sp³-hybridized carbons (Fsp3) is 0.733. The third-order valence-corrected chi connectivity index (χ3v) is 5.54. The van der Waals surface area contributed by atoms with Crippen LogP contribution in [-0.2, 0) is 16.1 Å². The Labute approximate surface area is 134 Å². The van der Waals surface area contributed by atoms with Crippen LogP contribution >= 0.6 is 11.3 Å². The van der Waals surface area contributed by atoms with E-state index in [2.05, 4.69) is 10.2 Å². The summed E-state index contributed by atoms with van der Waals surface area (Å²) < 4.78 is 7.34. The van der Waals surface area contributed by atoms with Gasteiger partial charge in [0.05, 0.1) is 12.2 Å². The van der Waals surface area contributed by atoms with E-state index >= 15 is 0 Å². The highest BCUT2D eigenvalue weighted by Crippen LogP contribution is 2.25. The van der Waals surface area contributed by atoms with E-state index in [0.717, 1.165) is 43.0 Å². The van der Waals surface area contributed by atoms with Crippen LogP contribution in [0.25, 0.3) is 0 Å². The van der Waals surface area contributed by atoms with Gasteiger partial charge >= 0.3 is 4.87 Å². The van der Waals surface area contributed by atoms with E-state index in [1.807, 2.05) is 13.8 Å². The third-order valence-electron chi connectivity index (χ3n) is 4.55. The highest BCUT2D eigenvalue weighted by atomic mass is 32.1. The minimum atomic E-state index is -0.0979. The van der Waals surface area contributed by atoms with Crippen molar-refractivity contribution >= 4 is 17.2 Å². The molecule has 6 nitrogen and oxygen atoms in total. The molecule has 2 saturated heterocycles. The van der Waals surface area contributed by atoms with Crippen molar-refractivity contribution in [2.24, 2.45) is 0 Å². The zero-order valence-electron chi connectivity index (χ0n) is 13.1. The Morgan fingerprint density at radius 2 is 2.00 bits per heavy atom. The zero-order chi connectivity index (χ0) is 15.7. The van der Waals surface area contributed by atoms with E-state index < -0.39 is 0 Å². The molecule has 1 aromatic heterocycles. The summed E-state index contributed by atoms with van der Waals surface area (Å²) in [5.41, 5.74) is 0.884. The average Bonchev–Trinajstić information content (AvgIpc) is 2.93. The Morgan fingerprint density at radius 1 is 1.32 bits per heavy atom. The summed E-state index contributed by atoms with van der Waals surface area (Å²) in [6, 6.07) is 0. The van der Waals surface area contributed by atoms with E-state index in [1.54, 1.807) is 4.57 Å². The van der Waals surface area contributed by atoms with Crippen LogP contribution in [0.2, 0.25) is 0 Å². The van der Waals surface area contributed by atoms with Gasteiger partial charge in [0.2, 0.25) is 5.91 Å². The number of carbonyl (C=O) groups excluding carboxylic acids is 1. The van der Waals surface area contributed by atoms with Crippen LogP contribution in [0, 0.1) is 13.8 Å². The number of aryl methyl sites for hydroxylation is 1. The second kappa shape index (κ2) is 6.52. The smallest absolute Gasteiger partial charge is 0.308 e. The van der Waals surface area contributed by atoms with E-state index in [9.17, 15) is 9.59 Å². The normalized spacial score (nSPS) is 24.6. The third kappa shape index (κ3) is 3.42. The second-order valence-corrected chi connectivity index (χ2v) is 7.33. The van der Waals surface area contributed by atoms with Crippen LogP contribution in [-0.4, -0.2) is 53.8 Å². The first-order chi connectivity index (χ1) is 10.5. The molecule has 0 spiro atoms. The fourth-order valence-electron chi connectivity index (χ4n) is 3.20. The molecule has 3 rings (SSSR count). The summed E-state index contributed by atoms with van der Waals surface area (Å²) >= 11 is 1.20. The Morgan fingerprint density at radius 3 is 2.59 bits per heavy atom. The first-order valence-corrected chi connectivity index (χ1v) is 8.66. The Kier molecular flexibility index (Phi) is 4.65. The second-order valence-electron chi connectivity index (χ2n) is 6.16. The molecule has 3 heterocycles. The van der Waals surface area contributed by atoms with Gasteiger partial charge in [0.25, 0.3) is 0 Å². The van der Waals surface area contributed by atoms with Gasteiger partial charge in [-0.1, -0.05) is 11.3 Å². The molecule has 0 saturated carbocycles. The molecule has 2 fully saturated rings. The van der Waals surface area contributed by atoms with E-state index in [4.69, 9.17) is 4.74 Å². The molecule has 0 aromatic carbocycles. The van der Waals surface area contributed by atoms with Crippen molar-refractivity contribution in [1.82, 2.24) is 14.8 Å². The van der Waals surface area contributed by atoms with Gasteiger partial charge in [-0.25, -0.2) is 0 Å². The summed E-state index contributed by atoms with van der Waals surface area (Å²) in [6.07, 6.45) is 3.08. The average molecular weight is 325 g/mol. The van der Waals surface area contributed by atoms with Gasteiger partial charge < -0.3 is 10.1 Å². The van der Waals surface area contributed by atoms with Gasteiger partial charge in [0.15, 0.2) is 0 Å². The van der Waals surface area contributed by atoms with Crippen molar-refractivity contribution in [3.05, 3.63) is 20.2 Å². The minimum Gasteiger partial charge on any atom is -0.372 e. The number of hydrogen-bond acceptors (Lipinski definition) is 5. The lowest BCUT2D eigenvalue weighted by atomic mass is 10.2. The molecule has 1 amide bonds. The maximum Gasteiger partial charge on any atom is 0.308 e. The molecule has 122 valence electrons. The standard InChI is InChI=1S/C15H23N3O3S/c1-10-11(2)22-15(20)18(10)9-14(19)16-5-6-17-7-12-3-4-13(8-17)21-12/h12-13H,3-9H2,1-2H3,(H,16,19). The van der Waals surface area contributed by atoms with Crippen LogP contribution in [0.4, 0.5) is 0 Å². The summed E-state index contributed by atoms with van der Waals surface area (Å²) in [5, 5.41) is 2.92. The molecule has 0 aliphatic carbocycles. The van der Waals surface area contributed by atoms with E-state index in [1.165, 1.54) is 11.3 Å². The number of morpholine rings is 1. The van der Waals surface area contributed by atoms with Crippen molar-refractivity contribution in [3.63, 3.8) is 0 Å². The van der Waals surface area contributed by atoms with Crippen LogP contribution in [0.3, 0.4) is 0 Å². The van der Waals surface area contributed by atoms with Gasteiger partial charge in [-0.05, 0) is 26.7 Å². The predicted octanol–water partition coefficient (Wildman–Crippen LogP) is 0.506. The molecular formula is C15H23N3O3S. The molecule has 7 heteroatoms. The van der Waals surface area contributed by atoms with Crippen LogP contribution < -0.4 is 10.2 Å². The maximum absolute atomic E-state index is 12.0. The van der Waals surface area contributed by atoms with Gasteiger partial charge in [-0.15, -0.1) is 0 Å². The molecule has 1 aromatic rings. The lowest BCUT2D eigenvalue weighted by Crippen LogP contribution is -2.46. The number of thiazole rings is 1. The predicted molar refractivity (Wildman–Crippen MR) is 85.4 cm³/mol. The lowest BCUT2D eigenvalue weighted by molar-refractivity contribution is -0.121. The number of carbonyl (C=O) groups is 1. The highest BCUT2D eigenvalue weighted by Gasteiger charge is 2.33. The van der Waals surface area contributed by atoms with Crippen LogP contribution in [0.15, 0.2) is 4.79 Å². The lowest BCUT2D eigenvalue weighted by Gasteiger charge is -2.31. The number of likely N-dealkylation sites (tertiary alicyclic amines) is 1. The van der Waals surface area contributed by atoms with Gasteiger partial charge in [0, 0.05) is 36.8 Å². The molecule has 2 aliphatic rings. The molecule has 0 radical (unpaired) electrons.